The minimum atomic E-state index is -0.664. The van der Waals surface area contributed by atoms with Crippen molar-refractivity contribution < 1.29 is 18.7 Å². The molecular weight excluding hydrogens is 393 g/mol. The van der Waals surface area contributed by atoms with Crippen LogP contribution in [0.5, 0.6) is 5.75 Å². The first-order chi connectivity index (χ1) is 14.8. The zero-order valence-electron chi connectivity index (χ0n) is 18.7. The number of carbonyl (C=O) groups is 1. The smallest absolute Gasteiger partial charge is 0.341 e. The largest absolute Gasteiger partial charge is 0.489 e. The number of nitrogens with zero attached hydrogens (tertiary/aromatic N) is 1. The Hall–Kier alpha value is -2.40. The fourth-order valence-electron chi connectivity index (χ4n) is 4.15. The molecule has 1 aliphatic carbocycles. The third kappa shape index (κ3) is 5.85. The molecule has 0 amide bonds. The summed E-state index contributed by atoms with van der Waals surface area (Å²) in [5.41, 5.74) is 1.55. The Labute approximate surface area is 184 Å². The van der Waals surface area contributed by atoms with Crippen LogP contribution in [0.3, 0.4) is 0 Å². The molecule has 0 radical (unpaired) electrons. The molecular formula is C26H32FNO3. The molecule has 0 bridgehead atoms. The van der Waals surface area contributed by atoms with Crippen molar-refractivity contribution in [1.82, 2.24) is 4.90 Å². The quantitative estimate of drug-likeness (QED) is 0.557. The van der Waals surface area contributed by atoms with Crippen molar-refractivity contribution >= 4 is 5.97 Å². The number of carbonyl (C=O) groups excluding carboxylic acids is 1. The summed E-state index contributed by atoms with van der Waals surface area (Å²) in [4.78, 5) is 14.9. The van der Waals surface area contributed by atoms with Crippen LogP contribution in [0.1, 0.15) is 73.9 Å². The maximum atomic E-state index is 14.9. The Morgan fingerprint density at radius 2 is 1.87 bits per heavy atom. The topological polar surface area (TPSA) is 38.8 Å². The van der Waals surface area contributed by atoms with E-state index in [1.807, 2.05) is 6.07 Å². The van der Waals surface area contributed by atoms with Crippen molar-refractivity contribution in [1.29, 1.82) is 0 Å². The summed E-state index contributed by atoms with van der Waals surface area (Å²) in [7, 11) is 0. The van der Waals surface area contributed by atoms with Gasteiger partial charge in [0.25, 0.3) is 0 Å². The van der Waals surface area contributed by atoms with E-state index in [0.717, 1.165) is 50.9 Å². The van der Waals surface area contributed by atoms with Crippen LogP contribution in [0.15, 0.2) is 42.5 Å². The molecule has 2 aromatic carbocycles. The van der Waals surface area contributed by atoms with E-state index < -0.39 is 17.4 Å². The number of hydrogen-bond acceptors (Lipinski definition) is 4. The van der Waals surface area contributed by atoms with Crippen LogP contribution in [0, 0.1) is 5.82 Å². The number of piperidine rings is 1. The maximum Gasteiger partial charge on any atom is 0.341 e. The Bertz CT molecular complexity index is 918. The highest BCUT2D eigenvalue weighted by atomic mass is 19.1. The molecule has 166 valence electrons. The van der Waals surface area contributed by atoms with Gasteiger partial charge in [-0.2, -0.15) is 0 Å². The SMILES string of the molecule is CC(C)(C)OC(=O)c1cc(C2CC2)c(OC2CCCN(Cc3ccccc3)C2)cc1F. The van der Waals surface area contributed by atoms with E-state index in [2.05, 4.69) is 29.2 Å². The van der Waals surface area contributed by atoms with Crippen molar-refractivity contribution in [3.63, 3.8) is 0 Å². The molecule has 1 atom stereocenters. The summed E-state index contributed by atoms with van der Waals surface area (Å²) < 4.78 is 26.6. The van der Waals surface area contributed by atoms with Gasteiger partial charge in [-0.1, -0.05) is 30.3 Å². The predicted octanol–water partition coefficient (Wildman–Crippen LogP) is 5.70. The molecule has 2 fully saturated rings. The standard InChI is InChI=1S/C26H32FNO3/c1-26(2,3)31-25(29)22-14-21(19-11-12-19)24(15-23(22)27)30-20-10-7-13-28(17-20)16-18-8-5-4-6-9-18/h4-6,8-9,14-15,19-20H,7,10-13,16-17H2,1-3H3. The summed E-state index contributed by atoms with van der Waals surface area (Å²) >= 11 is 0. The minimum Gasteiger partial charge on any atom is -0.489 e. The summed E-state index contributed by atoms with van der Waals surface area (Å²) in [6.45, 7) is 8.10. The highest BCUT2D eigenvalue weighted by Crippen LogP contribution is 2.45. The third-order valence-electron chi connectivity index (χ3n) is 5.74. The number of hydrogen-bond donors (Lipinski definition) is 0. The second-order valence-corrected chi connectivity index (χ2v) is 9.75. The minimum absolute atomic E-state index is 0.00137. The molecule has 4 nitrogen and oxygen atoms in total. The van der Waals surface area contributed by atoms with Gasteiger partial charge in [-0.15, -0.1) is 0 Å². The van der Waals surface area contributed by atoms with Crippen LogP contribution in [-0.2, 0) is 11.3 Å². The second-order valence-electron chi connectivity index (χ2n) is 9.75. The molecule has 0 aromatic heterocycles. The van der Waals surface area contributed by atoms with Gasteiger partial charge in [0.1, 0.15) is 23.3 Å². The first-order valence-electron chi connectivity index (χ1n) is 11.3. The van der Waals surface area contributed by atoms with E-state index >= 15 is 0 Å². The molecule has 1 unspecified atom stereocenters. The molecule has 1 aliphatic heterocycles. The van der Waals surface area contributed by atoms with E-state index in [4.69, 9.17) is 9.47 Å². The van der Waals surface area contributed by atoms with Crippen LogP contribution in [0.25, 0.3) is 0 Å². The summed E-state index contributed by atoms with van der Waals surface area (Å²) in [5, 5.41) is 0. The molecule has 2 aliphatic rings. The normalized spacial score (nSPS) is 19.8. The average Bonchev–Trinajstić information content (AvgIpc) is 3.53. The highest BCUT2D eigenvalue weighted by molar-refractivity contribution is 5.90. The lowest BCUT2D eigenvalue weighted by Gasteiger charge is -2.33. The Morgan fingerprint density at radius 3 is 2.55 bits per heavy atom. The van der Waals surface area contributed by atoms with Crippen molar-refractivity contribution in [2.24, 2.45) is 0 Å². The zero-order chi connectivity index (χ0) is 22.0. The first-order valence-corrected chi connectivity index (χ1v) is 11.3. The lowest BCUT2D eigenvalue weighted by atomic mass is 10.0. The van der Waals surface area contributed by atoms with E-state index in [0.29, 0.717) is 11.7 Å². The summed E-state index contributed by atoms with van der Waals surface area (Å²) in [5.74, 6) is -0.282. The van der Waals surface area contributed by atoms with Crippen molar-refractivity contribution in [2.75, 3.05) is 13.1 Å². The molecule has 5 heteroatoms. The van der Waals surface area contributed by atoms with Gasteiger partial charge in [0.15, 0.2) is 0 Å². The molecule has 0 N–H and O–H groups in total. The Kier molecular flexibility index (Phi) is 6.33. The number of halogens is 1. The molecule has 2 aromatic rings. The fraction of sp³-hybridized carbons (Fsp3) is 0.500. The highest BCUT2D eigenvalue weighted by Gasteiger charge is 2.32. The van der Waals surface area contributed by atoms with Crippen molar-refractivity contribution in [3.8, 4) is 5.75 Å². The molecule has 1 saturated carbocycles. The number of benzene rings is 2. The summed E-state index contributed by atoms with van der Waals surface area (Å²) in [6.07, 6.45) is 4.10. The number of likely N-dealkylation sites (tertiary alicyclic amines) is 1. The van der Waals surface area contributed by atoms with Gasteiger partial charge in [-0.3, -0.25) is 4.90 Å². The van der Waals surface area contributed by atoms with Crippen LogP contribution in [0.4, 0.5) is 4.39 Å². The average molecular weight is 426 g/mol. The third-order valence-corrected chi connectivity index (χ3v) is 5.74. The number of esters is 1. The van der Waals surface area contributed by atoms with Crippen LogP contribution >= 0.6 is 0 Å². The van der Waals surface area contributed by atoms with Crippen molar-refractivity contribution in [2.45, 2.75) is 70.6 Å². The first kappa shape index (κ1) is 21.8. The van der Waals surface area contributed by atoms with E-state index in [1.165, 1.54) is 11.6 Å². The van der Waals surface area contributed by atoms with Gasteiger partial charge in [-0.05, 0) is 76.1 Å². The van der Waals surface area contributed by atoms with Gasteiger partial charge in [0.05, 0.1) is 5.56 Å². The van der Waals surface area contributed by atoms with Gasteiger partial charge in [-0.25, -0.2) is 9.18 Å². The van der Waals surface area contributed by atoms with Crippen LogP contribution in [-0.4, -0.2) is 35.7 Å². The van der Waals surface area contributed by atoms with E-state index in [1.54, 1.807) is 26.8 Å². The molecule has 31 heavy (non-hydrogen) atoms. The van der Waals surface area contributed by atoms with Crippen LogP contribution in [0.2, 0.25) is 0 Å². The Morgan fingerprint density at radius 1 is 1.13 bits per heavy atom. The van der Waals surface area contributed by atoms with Crippen molar-refractivity contribution in [3.05, 3.63) is 65.0 Å². The van der Waals surface area contributed by atoms with E-state index in [9.17, 15) is 9.18 Å². The van der Waals surface area contributed by atoms with Gasteiger partial charge < -0.3 is 9.47 Å². The lowest BCUT2D eigenvalue weighted by molar-refractivity contribution is 0.00644. The molecule has 0 spiro atoms. The van der Waals surface area contributed by atoms with E-state index in [-0.39, 0.29) is 11.7 Å². The van der Waals surface area contributed by atoms with Gasteiger partial charge in [0, 0.05) is 19.2 Å². The number of ether oxygens (including phenoxy) is 2. The monoisotopic (exact) mass is 425 g/mol. The maximum absolute atomic E-state index is 14.9. The summed E-state index contributed by atoms with van der Waals surface area (Å²) in [6, 6.07) is 13.5. The lowest BCUT2D eigenvalue weighted by Crippen LogP contribution is -2.40. The Balaban J connectivity index is 1.48. The fourth-order valence-corrected chi connectivity index (χ4v) is 4.15. The molecule has 4 rings (SSSR count). The zero-order valence-corrected chi connectivity index (χ0v) is 18.7. The second kappa shape index (κ2) is 8.99. The van der Waals surface area contributed by atoms with Crippen LogP contribution < -0.4 is 4.74 Å². The van der Waals surface area contributed by atoms with Gasteiger partial charge in [0.2, 0.25) is 0 Å². The predicted molar refractivity (Wildman–Crippen MR) is 119 cm³/mol. The van der Waals surface area contributed by atoms with Gasteiger partial charge >= 0.3 is 5.97 Å². The molecule has 1 heterocycles. The molecule has 1 saturated heterocycles. The number of rotatable bonds is 6.